The van der Waals surface area contributed by atoms with Crippen LogP contribution >= 0.6 is 0 Å². The summed E-state index contributed by atoms with van der Waals surface area (Å²) in [5.74, 6) is 0.133. The molecule has 2 aliphatic heterocycles. The number of nitrogens with one attached hydrogen (secondary N) is 2. The summed E-state index contributed by atoms with van der Waals surface area (Å²) < 4.78 is 5.27. The third-order valence-electron chi connectivity index (χ3n) is 4.18. The summed E-state index contributed by atoms with van der Waals surface area (Å²) in [7, 11) is 0. The SMILES string of the molecule is O=C(NCc1cncc(N2CCCC2=O)c1)NC1CCOCC1. The van der Waals surface area contributed by atoms with Crippen molar-refractivity contribution in [3.63, 3.8) is 0 Å². The molecule has 3 heterocycles. The highest BCUT2D eigenvalue weighted by atomic mass is 16.5. The van der Waals surface area contributed by atoms with Gasteiger partial charge in [0.05, 0.1) is 11.9 Å². The Labute approximate surface area is 135 Å². The number of ether oxygens (including phenoxy) is 1. The van der Waals surface area contributed by atoms with E-state index in [9.17, 15) is 9.59 Å². The second-order valence-corrected chi connectivity index (χ2v) is 5.91. The predicted molar refractivity (Wildman–Crippen MR) is 85.0 cm³/mol. The molecule has 2 aliphatic rings. The van der Waals surface area contributed by atoms with Crippen LogP contribution in [0.3, 0.4) is 0 Å². The van der Waals surface area contributed by atoms with E-state index in [-0.39, 0.29) is 18.0 Å². The average molecular weight is 318 g/mol. The largest absolute Gasteiger partial charge is 0.381 e. The van der Waals surface area contributed by atoms with Gasteiger partial charge in [-0.15, -0.1) is 0 Å². The Balaban J connectivity index is 1.51. The number of pyridine rings is 1. The number of carbonyl (C=O) groups is 2. The second kappa shape index (κ2) is 7.41. The molecule has 0 saturated carbocycles. The van der Waals surface area contributed by atoms with E-state index in [0.29, 0.717) is 26.2 Å². The van der Waals surface area contributed by atoms with Gasteiger partial charge in [0, 0.05) is 45.0 Å². The van der Waals surface area contributed by atoms with Crippen molar-refractivity contribution in [1.82, 2.24) is 15.6 Å². The van der Waals surface area contributed by atoms with Crippen molar-refractivity contribution < 1.29 is 14.3 Å². The van der Waals surface area contributed by atoms with Gasteiger partial charge >= 0.3 is 6.03 Å². The van der Waals surface area contributed by atoms with Gasteiger partial charge < -0.3 is 20.3 Å². The van der Waals surface area contributed by atoms with Crippen LogP contribution in [0.4, 0.5) is 10.5 Å². The van der Waals surface area contributed by atoms with Crippen molar-refractivity contribution >= 4 is 17.6 Å². The molecule has 1 aromatic rings. The molecule has 3 rings (SSSR count). The van der Waals surface area contributed by atoms with Crippen LogP contribution in [0, 0.1) is 0 Å². The van der Waals surface area contributed by atoms with E-state index in [4.69, 9.17) is 4.74 Å². The molecule has 3 amide bonds. The molecule has 2 fully saturated rings. The van der Waals surface area contributed by atoms with Crippen molar-refractivity contribution in [2.45, 2.75) is 38.3 Å². The fraction of sp³-hybridized carbons (Fsp3) is 0.562. The van der Waals surface area contributed by atoms with Gasteiger partial charge in [0.25, 0.3) is 0 Å². The first-order valence-corrected chi connectivity index (χ1v) is 8.09. The Hall–Kier alpha value is -2.15. The molecule has 1 aromatic heterocycles. The smallest absolute Gasteiger partial charge is 0.315 e. The normalized spacial score (nSPS) is 19.0. The minimum Gasteiger partial charge on any atom is -0.381 e. The van der Waals surface area contributed by atoms with Crippen molar-refractivity contribution in [2.75, 3.05) is 24.7 Å². The van der Waals surface area contributed by atoms with E-state index in [1.54, 1.807) is 17.3 Å². The maximum atomic E-state index is 11.9. The Bertz CT molecular complexity index is 572. The lowest BCUT2D eigenvalue weighted by molar-refractivity contribution is -0.117. The van der Waals surface area contributed by atoms with Crippen LogP contribution in [0.25, 0.3) is 0 Å². The van der Waals surface area contributed by atoms with Crippen LogP contribution in [0.1, 0.15) is 31.2 Å². The Morgan fingerprint density at radius 2 is 2.17 bits per heavy atom. The summed E-state index contributed by atoms with van der Waals surface area (Å²) in [6.45, 7) is 2.51. The first-order chi connectivity index (χ1) is 11.2. The molecule has 0 aliphatic carbocycles. The molecule has 0 radical (unpaired) electrons. The molecule has 0 bridgehead atoms. The highest BCUT2D eigenvalue weighted by Crippen LogP contribution is 2.21. The number of amides is 3. The van der Waals surface area contributed by atoms with Crippen LogP contribution in [-0.2, 0) is 16.1 Å². The number of hydrogen-bond donors (Lipinski definition) is 2. The zero-order valence-corrected chi connectivity index (χ0v) is 13.1. The van der Waals surface area contributed by atoms with Gasteiger partial charge in [-0.25, -0.2) is 4.79 Å². The van der Waals surface area contributed by atoms with E-state index in [2.05, 4.69) is 15.6 Å². The van der Waals surface area contributed by atoms with E-state index in [1.165, 1.54) is 0 Å². The molecule has 23 heavy (non-hydrogen) atoms. The standard InChI is InChI=1S/C16H22N4O3/c21-15-2-1-5-20(15)14-8-12(9-17-11-14)10-18-16(22)19-13-3-6-23-7-4-13/h8-9,11,13H,1-7,10H2,(H2,18,19,22). The molecule has 2 N–H and O–H groups in total. The lowest BCUT2D eigenvalue weighted by Gasteiger charge is -2.23. The van der Waals surface area contributed by atoms with Gasteiger partial charge in [-0.05, 0) is 30.9 Å². The molecule has 0 atom stereocenters. The number of anilines is 1. The Kier molecular flexibility index (Phi) is 5.07. The van der Waals surface area contributed by atoms with Gasteiger partial charge in [0.15, 0.2) is 0 Å². The van der Waals surface area contributed by atoms with Gasteiger partial charge in [-0.1, -0.05) is 0 Å². The molecule has 124 valence electrons. The third-order valence-corrected chi connectivity index (χ3v) is 4.18. The summed E-state index contributed by atoms with van der Waals surface area (Å²) >= 11 is 0. The predicted octanol–water partition coefficient (Wildman–Crippen LogP) is 1.19. The van der Waals surface area contributed by atoms with E-state index >= 15 is 0 Å². The fourth-order valence-corrected chi connectivity index (χ4v) is 2.90. The molecule has 0 spiro atoms. The number of nitrogens with zero attached hydrogens (tertiary/aromatic N) is 2. The number of carbonyl (C=O) groups excluding carboxylic acids is 2. The second-order valence-electron chi connectivity index (χ2n) is 5.91. The average Bonchev–Trinajstić information content (AvgIpc) is 3.00. The van der Waals surface area contributed by atoms with Crippen LogP contribution in [0.2, 0.25) is 0 Å². The van der Waals surface area contributed by atoms with Gasteiger partial charge in [0.1, 0.15) is 0 Å². The van der Waals surface area contributed by atoms with Crippen molar-refractivity contribution in [1.29, 1.82) is 0 Å². The van der Waals surface area contributed by atoms with Crippen LogP contribution in [-0.4, -0.2) is 42.7 Å². The number of aromatic nitrogens is 1. The van der Waals surface area contributed by atoms with Crippen LogP contribution in [0.5, 0.6) is 0 Å². The highest BCUT2D eigenvalue weighted by molar-refractivity contribution is 5.95. The molecule has 7 heteroatoms. The van der Waals surface area contributed by atoms with E-state index in [0.717, 1.165) is 37.1 Å². The van der Waals surface area contributed by atoms with Gasteiger partial charge in [-0.2, -0.15) is 0 Å². The molecule has 0 unspecified atom stereocenters. The first kappa shape index (κ1) is 15.7. The summed E-state index contributed by atoms with van der Waals surface area (Å²) in [6.07, 6.45) is 6.57. The minimum absolute atomic E-state index is 0.133. The maximum Gasteiger partial charge on any atom is 0.315 e. The summed E-state index contributed by atoms with van der Waals surface area (Å²) in [4.78, 5) is 29.6. The Morgan fingerprint density at radius 3 is 2.91 bits per heavy atom. The van der Waals surface area contributed by atoms with Crippen molar-refractivity contribution in [2.24, 2.45) is 0 Å². The Morgan fingerprint density at radius 1 is 1.35 bits per heavy atom. The molecular weight excluding hydrogens is 296 g/mol. The highest BCUT2D eigenvalue weighted by Gasteiger charge is 2.22. The molecule has 0 aromatic carbocycles. The third kappa shape index (κ3) is 4.19. The van der Waals surface area contributed by atoms with Gasteiger partial charge in [0.2, 0.25) is 5.91 Å². The zero-order valence-electron chi connectivity index (χ0n) is 13.1. The number of rotatable bonds is 4. The lowest BCUT2D eigenvalue weighted by atomic mass is 10.1. The summed E-state index contributed by atoms with van der Waals surface area (Å²) in [5, 5.41) is 5.79. The molecule has 2 saturated heterocycles. The lowest BCUT2D eigenvalue weighted by Crippen LogP contribution is -2.44. The monoisotopic (exact) mass is 318 g/mol. The fourth-order valence-electron chi connectivity index (χ4n) is 2.90. The number of urea groups is 1. The molecule has 7 nitrogen and oxygen atoms in total. The van der Waals surface area contributed by atoms with Crippen molar-refractivity contribution in [3.05, 3.63) is 24.0 Å². The topological polar surface area (TPSA) is 83.6 Å². The van der Waals surface area contributed by atoms with Crippen LogP contribution in [0.15, 0.2) is 18.5 Å². The van der Waals surface area contributed by atoms with Crippen molar-refractivity contribution in [3.8, 4) is 0 Å². The minimum atomic E-state index is -0.181. The van der Waals surface area contributed by atoms with Crippen LogP contribution < -0.4 is 15.5 Å². The van der Waals surface area contributed by atoms with E-state index < -0.39 is 0 Å². The first-order valence-electron chi connectivity index (χ1n) is 8.09. The van der Waals surface area contributed by atoms with Gasteiger partial charge in [-0.3, -0.25) is 9.78 Å². The maximum absolute atomic E-state index is 11.9. The molecular formula is C16H22N4O3. The van der Waals surface area contributed by atoms with E-state index in [1.807, 2.05) is 6.07 Å². The summed E-state index contributed by atoms with van der Waals surface area (Å²) in [6, 6.07) is 1.90. The summed E-state index contributed by atoms with van der Waals surface area (Å²) in [5.41, 5.74) is 1.68. The number of hydrogen-bond acceptors (Lipinski definition) is 4. The quantitative estimate of drug-likeness (QED) is 0.873. The zero-order chi connectivity index (χ0) is 16.1.